The second kappa shape index (κ2) is 6.17. The van der Waals surface area contributed by atoms with Crippen LogP contribution in [0.25, 0.3) is 0 Å². The van der Waals surface area contributed by atoms with E-state index in [2.05, 4.69) is 32.3 Å². The van der Waals surface area contributed by atoms with E-state index in [-0.39, 0.29) is 0 Å². The number of aryl methyl sites for hydroxylation is 2. The molecule has 0 aliphatic carbocycles. The molecular weight excluding hydrogens is 304 g/mol. The van der Waals surface area contributed by atoms with Crippen molar-refractivity contribution in [3.05, 3.63) is 51.6 Å². The molecule has 1 heterocycles. The van der Waals surface area contributed by atoms with Crippen molar-refractivity contribution in [3.63, 3.8) is 0 Å². The molecule has 1 aromatic carbocycles. The largest absolute Gasteiger partial charge is 0.439 e. The van der Waals surface area contributed by atoms with Crippen LogP contribution >= 0.6 is 15.9 Å². The van der Waals surface area contributed by atoms with E-state index in [0.29, 0.717) is 5.88 Å². The number of hydrogen-bond donors (Lipinski definition) is 1. The van der Waals surface area contributed by atoms with Crippen LogP contribution in [-0.2, 0) is 6.54 Å². The molecular formula is C15H17BrN2O. The maximum absolute atomic E-state index is 5.87. The Morgan fingerprint density at radius 3 is 2.68 bits per heavy atom. The van der Waals surface area contributed by atoms with Crippen LogP contribution in [0.4, 0.5) is 0 Å². The molecule has 2 aromatic rings. The first-order valence-electron chi connectivity index (χ1n) is 6.14. The van der Waals surface area contributed by atoms with E-state index in [1.807, 2.05) is 45.2 Å². The van der Waals surface area contributed by atoms with Gasteiger partial charge in [-0.3, -0.25) is 0 Å². The van der Waals surface area contributed by atoms with Gasteiger partial charge in [0, 0.05) is 22.8 Å². The first kappa shape index (κ1) is 14.0. The van der Waals surface area contributed by atoms with E-state index in [1.54, 1.807) is 0 Å². The molecule has 0 radical (unpaired) electrons. The van der Waals surface area contributed by atoms with Crippen molar-refractivity contribution in [1.29, 1.82) is 0 Å². The molecule has 19 heavy (non-hydrogen) atoms. The summed E-state index contributed by atoms with van der Waals surface area (Å²) in [5.74, 6) is 1.47. The summed E-state index contributed by atoms with van der Waals surface area (Å²) in [7, 11) is 1.93. The van der Waals surface area contributed by atoms with Gasteiger partial charge in [-0.2, -0.15) is 0 Å². The van der Waals surface area contributed by atoms with E-state index in [4.69, 9.17) is 4.74 Å². The van der Waals surface area contributed by atoms with Crippen molar-refractivity contribution in [2.75, 3.05) is 7.05 Å². The number of aromatic nitrogens is 1. The molecule has 2 rings (SSSR count). The predicted molar refractivity (Wildman–Crippen MR) is 80.7 cm³/mol. The Labute approximate surface area is 122 Å². The minimum absolute atomic E-state index is 0.635. The van der Waals surface area contributed by atoms with Gasteiger partial charge in [0.15, 0.2) is 0 Å². The molecule has 0 aliphatic heterocycles. The lowest BCUT2D eigenvalue weighted by atomic mass is 10.2. The molecule has 3 nitrogen and oxygen atoms in total. The highest BCUT2D eigenvalue weighted by Crippen LogP contribution is 2.27. The summed E-state index contributed by atoms with van der Waals surface area (Å²) in [6.45, 7) is 4.80. The fourth-order valence-corrected chi connectivity index (χ4v) is 2.38. The van der Waals surface area contributed by atoms with Gasteiger partial charge in [0.1, 0.15) is 5.75 Å². The third-order valence-electron chi connectivity index (χ3n) is 2.72. The van der Waals surface area contributed by atoms with Gasteiger partial charge in [0.05, 0.1) is 0 Å². The number of rotatable bonds is 4. The molecule has 0 spiro atoms. The molecule has 0 fully saturated rings. The average Bonchev–Trinajstić information content (AvgIpc) is 2.32. The number of halogens is 1. The summed E-state index contributed by atoms with van der Waals surface area (Å²) >= 11 is 3.45. The molecule has 1 N–H and O–H groups in total. The number of ether oxygens (including phenoxy) is 1. The summed E-state index contributed by atoms with van der Waals surface area (Å²) < 4.78 is 6.92. The Balaban J connectivity index is 2.27. The Kier molecular flexibility index (Phi) is 4.56. The molecule has 0 unspecified atom stereocenters. The van der Waals surface area contributed by atoms with E-state index < -0.39 is 0 Å². The lowest BCUT2D eigenvalue weighted by molar-refractivity contribution is 0.457. The monoisotopic (exact) mass is 320 g/mol. The molecule has 0 aliphatic rings. The van der Waals surface area contributed by atoms with Crippen LogP contribution < -0.4 is 10.1 Å². The van der Waals surface area contributed by atoms with Gasteiger partial charge in [-0.05, 0) is 56.3 Å². The average molecular weight is 321 g/mol. The van der Waals surface area contributed by atoms with E-state index in [0.717, 1.165) is 28.0 Å². The molecule has 0 amide bonds. The normalized spacial score (nSPS) is 10.5. The highest BCUT2D eigenvalue weighted by atomic mass is 79.9. The molecule has 0 saturated heterocycles. The van der Waals surface area contributed by atoms with Crippen molar-refractivity contribution in [1.82, 2.24) is 10.3 Å². The topological polar surface area (TPSA) is 34.2 Å². The van der Waals surface area contributed by atoms with Gasteiger partial charge in [-0.15, -0.1) is 0 Å². The zero-order valence-corrected chi connectivity index (χ0v) is 12.9. The van der Waals surface area contributed by atoms with Crippen LogP contribution in [-0.4, -0.2) is 12.0 Å². The van der Waals surface area contributed by atoms with Gasteiger partial charge < -0.3 is 10.1 Å². The summed E-state index contributed by atoms with van der Waals surface area (Å²) in [4.78, 5) is 4.41. The second-order valence-corrected chi connectivity index (χ2v) is 5.41. The van der Waals surface area contributed by atoms with E-state index >= 15 is 0 Å². The number of nitrogens with zero attached hydrogens (tertiary/aromatic N) is 1. The van der Waals surface area contributed by atoms with Crippen LogP contribution in [0, 0.1) is 13.8 Å². The lowest BCUT2D eigenvalue weighted by Gasteiger charge is -2.10. The van der Waals surface area contributed by atoms with Crippen molar-refractivity contribution in [3.8, 4) is 11.6 Å². The van der Waals surface area contributed by atoms with Crippen molar-refractivity contribution in [2.24, 2.45) is 0 Å². The molecule has 1 aromatic heterocycles. The first-order valence-corrected chi connectivity index (χ1v) is 6.94. The molecule has 0 saturated carbocycles. The zero-order valence-electron chi connectivity index (χ0n) is 11.3. The molecule has 100 valence electrons. The van der Waals surface area contributed by atoms with Gasteiger partial charge in [0.25, 0.3) is 0 Å². The number of benzene rings is 1. The summed E-state index contributed by atoms with van der Waals surface area (Å²) in [5.41, 5.74) is 3.20. The predicted octanol–water partition coefficient (Wildman–Crippen LogP) is 3.97. The fraction of sp³-hybridized carbons (Fsp3) is 0.267. The minimum Gasteiger partial charge on any atom is -0.439 e. The van der Waals surface area contributed by atoms with E-state index in [1.165, 1.54) is 5.56 Å². The summed E-state index contributed by atoms with van der Waals surface area (Å²) in [6, 6.07) is 9.95. The van der Waals surface area contributed by atoms with Crippen molar-refractivity contribution in [2.45, 2.75) is 20.4 Å². The van der Waals surface area contributed by atoms with Crippen LogP contribution in [0.2, 0.25) is 0 Å². The Hall–Kier alpha value is -1.39. The van der Waals surface area contributed by atoms with Crippen LogP contribution in [0.1, 0.15) is 16.8 Å². The van der Waals surface area contributed by atoms with Crippen LogP contribution in [0.3, 0.4) is 0 Å². The SMILES string of the molecule is CNCc1cc(C)nc(Oc2ccc(Br)cc2C)c1. The lowest BCUT2D eigenvalue weighted by Crippen LogP contribution is -2.06. The van der Waals surface area contributed by atoms with Gasteiger partial charge >= 0.3 is 0 Å². The molecule has 0 atom stereocenters. The number of hydrogen-bond acceptors (Lipinski definition) is 3. The molecule has 0 bridgehead atoms. The Morgan fingerprint density at radius 2 is 2.00 bits per heavy atom. The smallest absolute Gasteiger partial charge is 0.219 e. The highest BCUT2D eigenvalue weighted by molar-refractivity contribution is 9.10. The third kappa shape index (κ3) is 3.78. The van der Waals surface area contributed by atoms with Crippen molar-refractivity contribution >= 4 is 15.9 Å². The van der Waals surface area contributed by atoms with Crippen LogP contribution in [0.15, 0.2) is 34.8 Å². The fourth-order valence-electron chi connectivity index (χ4n) is 1.91. The maximum Gasteiger partial charge on any atom is 0.219 e. The summed E-state index contributed by atoms with van der Waals surface area (Å²) in [5, 5.41) is 3.13. The van der Waals surface area contributed by atoms with Gasteiger partial charge in [-0.25, -0.2) is 4.98 Å². The third-order valence-corrected chi connectivity index (χ3v) is 3.22. The van der Waals surface area contributed by atoms with Crippen LogP contribution in [0.5, 0.6) is 11.6 Å². The van der Waals surface area contributed by atoms with E-state index in [9.17, 15) is 0 Å². The quantitative estimate of drug-likeness (QED) is 0.925. The Morgan fingerprint density at radius 1 is 1.21 bits per heavy atom. The first-order chi connectivity index (χ1) is 9.08. The minimum atomic E-state index is 0.635. The molecule has 4 heteroatoms. The maximum atomic E-state index is 5.87. The standard InChI is InChI=1S/C15H17BrN2O/c1-10-6-13(16)4-5-14(10)19-15-8-12(9-17-3)7-11(2)18-15/h4-8,17H,9H2,1-3H3. The van der Waals surface area contributed by atoms with Gasteiger partial charge in [0.2, 0.25) is 5.88 Å². The second-order valence-electron chi connectivity index (χ2n) is 4.50. The van der Waals surface area contributed by atoms with Gasteiger partial charge in [-0.1, -0.05) is 15.9 Å². The zero-order chi connectivity index (χ0) is 13.8. The number of nitrogens with one attached hydrogen (secondary N) is 1. The summed E-state index contributed by atoms with van der Waals surface area (Å²) in [6.07, 6.45) is 0. The Bertz CT molecular complexity index is 584. The van der Waals surface area contributed by atoms with Crippen molar-refractivity contribution < 1.29 is 4.74 Å². The highest BCUT2D eigenvalue weighted by Gasteiger charge is 2.05. The number of pyridine rings is 1.